The summed E-state index contributed by atoms with van der Waals surface area (Å²) >= 11 is 0. The molecule has 3 rings (SSSR count). The Kier molecular flexibility index (Phi) is 7.26. The molecule has 0 N–H and O–H groups in total. The van der Waals surface area contributed by atoms with E-state index in [0.717, 1.165) is 43.7 Å². The molecule has 5 heteroatoms. The summed E-state index contributed by atoms with van der Waals surface area (Å²) in [5.74, 6) is 1.76. The first-order valence-electron chi connectivity index (χ1n) is 10.5. The number of likely N-dealkylation sites (N-methyl/N-ethyl adjacent to an activating group) is 1. The van der Waals surface area contributed by atoms with Crippen molar-refractivity contribution in [3.63, 3.8) is 0 Å². The second-order valence-electron chi connectivity index (χ2n) is 8.54. The van der Waals surface area contributed by atoms with E-state index in [4.69, 9.17) is 4.42 Å². The van der Waals surface area contributed by atoms with Gasteiger partial charge in [0.05, 0.1) is 19.4 Å². The number of hydrogen-bond donors (Lipinski definition) is 0. The fourth-order valence-electron chi connectivity index (χ4n) is 3.90. The lowest BCUT2D eigenvalue weighted by atomic mass is 9.88. The monoisotopic (exact) mass is 396 g/mol. The molecular weight excluding hydrogens is 364 g/mol. The lowest BCUT2D eigenvalue weighted by molar-refractivity contribution is -0.132. The van der Waals surface area contributed by atoms with Crippen LogP contribution in [0.2, 0.25) is 0 Å². The third-order valence-electron chi connectivity index (χ3n) is 5.60. The Hall–Kier alpha value is -2.40. The van der Waals surface area contributed by atoms with Crippen molar-refractivity contribution in [2.45, 2.75) is 39.7 Å². The van der Waals surface area contributed by atoms with Gasteiger partial charge in [0.2, 0.25) is 5.91 Å². The van der Waals surface area contributed by atoms with Gasteiger partial charge in [-0.2, -0.15) is 0 Å². The summed E-state index contributed by atoms with van der Waals surface area (Å²) in [5.41, 5.74) is 2.09. The van der Waals surface area contributed by atoms with Gasteiger partial charge in [0.15, 0.2) is 5.78 Å². The molecule has 1 aromatic heterocycles. The molecule has 0 unspecified atom stereocenters. The van der Waals surface area contributed by atoms with Crippen LogP contribution in [-0.2, 0) is 17.8 Å². The smallest absolute Gasteiger partial charge is 0.236 e. The highest BCUT2D eigenvalue weighted by atomic mass is 16.3. The number of amides is 1. The van der Waals surface area contributed by atoms with Gasteiger partial charge in [-0.3, -0.25) is 14.5 Å². The van der Waals surface area contributed by atoms with Crippen LogP contribution in [0.4, 0.5) is 0 Å². The maximum Gasteiger partial charge on any atom is 0.236 e. The van der Waals surface area contributed by atoms with E-state index < -0.39 is 0 Å². The molecule has 29 heavy (non-hydrogen) atoms. The van der Waals surface area contributed by atoms with Crippen molar-refractivity contribution in [3.8, 4) is 0 Å². The molecule has 1 aliphatic heterocycles. The molecule has 0 atom stereocenters. The zero-order valence-corrected chi connectivity index (χ0v) is 17.8. The maximum atomic E-state index is 12.8. The van der Waals surface area contributed by atoms with Crippen LogP contribution in [0.3, 0.4) is 0 Å². The Bertz CT molecular complexity index is 788. The molecule has 0 spiro atoms. The highest BCUT2D eigenvalue weighted by Crippen LogP contribution is 2.22. The van der Waals surface area contributed by atoms with Crippen molar-refractivity contribution >= 4 is 11.7 Å². The molecule has 0 saturated carbocycles. The number of ketones is 1. The molecule has 1 saturated heterocycles. The predicted molar refractivity (Wildman–Crippen MR) is 114 cm³/mol. The number of carbonyl (C=O) groups excluding carboxylic acids is 2. The predicted octanol–water partition coefficient (Wildman–Crippen LogP) is 4.03. The topological polar surface area (TPSA) is 53.8 Å². The molecular formula is C24H32N2O3. The third kappa shape index (κ3) is 6.04. The number of hydrogen-bond acceptors (Lipinski definition) is 4. The van der Waals surface area contributed by atoms with Crippen molar-refractivity contribution in [2.75, 3.05) is 26.7 Å². The molecule has 156 valence electrons. The number of furan rings is 1. The molecule has 1 fully saturated rings. The van der Waals surface area contributed by atoms with Crippen LogP contribution in [0.25, 0.3) is 0 Å². The van der Waals surface area contributed by atoms with Crippen LogP contribution >= 0.6 is 0 Å². The van der Waals surface area contributed by atoms with Crippen LogP contribution in [0, 0.1) is 11.8 Å². The first-order valence-corrected chi connectivity index (χ1v) is 10.5. The second kappa shape index (κ2) is 9.88. The van der Waals surface area contributed by atoms with E-state index in [2.05, 4.69) is 30.9 Å². The fourth-order valence-corrected chi connectivity index (χ4v) is 3.90. The van der Waals surface area contributed by atoms with Gasteiger partial charge in [0, 0.05) is 18.5 Å². The summed E-state index contributed by atoms with van der Waals surface area (Å²) in [7, 11) is 1.80. The fraction of sp³-hybridized carbons (Fsp3) is 0.500. The van der Waals surface area contributed by atoms with Crippen molar-refractivity contribution < 1.29 is 14.0 Å². The van der Waals surface area contributed by atoms with Crippen LogP contribution in [0.5, 0.6) is 0 Å². The molecule has 1 aromatic carbocycles. The number of likely N-dealkylation sites (tertiary alicyclic amines) is 1. The van der Waals surface area contributed by atoms with E-state index in [1.54, 1.807) is 18.2 Å². The molecule has 0 aliphatic carbocycles. The SMILES string of the molecule is CC(C)Cc1ccc(C(=O)C2CCN(CC(=O)N(C)Cc3ccco3)CC2)cc1. The van der Waals surface area contributed by atoms with Gasteiger partial charge in [0.1, 0.15) is 5.76 Å². The van der Waals surface area contributed by atoms with Gasteiger partial charge < -0.3 is 9.32 Å². The average Bonchev–Trinajstić information content (AvgIpc) is 3.21. The molecule has 0 bridgehead atoms. The zero-order chi connectivity index (χ0) is 20.8. The van der Waals surface area contributed by atoms with Crippen molar-refractivity contribution in [2.24, 2.45) is 11.8 Å². The minimum absolute atomic E-state index is 0.0538. The number of benzene rings is 1. The van der Waals surface area contributed by atoms with E-state index in [1.807, 2.05) is 24.3 Å². The van der Waals surface area contributed by atoms with Crippen LogP contribution in [0.15, 0.2) is 47.1 Å². The Labute approximate surface area is 173 Å². The second-order valence-corrected chi connectivity index (χ2v) is 8.54. The molecule has 2 heterocycles. The summed E-state index contributed by atoms with van der Waals surface area (Å²) in [5, 5.41) is 0. The molecule has 5 nitrogen and oxygen atoms in total. The standard InChI is InChI=1S/C24H32N2O3/c1-18(2)15-19-6-8-20(9-7-19)24(28)21-10-12-26(13-11-21)17-23(27)25(3)16-22-5-4-14-29-22/h4-9,14,18,21H,10-13,15-17H2,1-3H3. The average molecular weight is 397 g/mol. The lowest BCUT2D eigenvalue weighted by Gasteiger charge is -2.31. The van der Waals surface area contributed by atoms with Crippen LogP contribution in [-0.4, -0.2) is 48.2 Å². The van der Waals surface area contributed by atoms with Gasteiger partial charge in [-0.15, -0.1) is 0 Å². The number of piperidine rings is 1. The number of Topliss-reactive ketones (excluding diaryl/α,β-unsaturated/α-hetero) is 1. The first kappa shape index (κ1) is 21.3. The Morgan fingerprint density at radius 1 is 1.14 bits per heavy atom. The highest BCUT2D eigenvalue weighted by molar-refractivity contribution is 5.98. The summed E-state index contributed by atoms with van der Waals surface area (Å²) in [4.78, 5) is 29.1. The summed E-state index contributed by atoms with van der Waals surface area (Å²) < 4.78 is 5.31. The molecule has 2 aromatic rings. The molecule has 0 radical (unpaired) electrons. The summed E-state index contributed by atoms with van der Waals surface area (Å²) in [6.45, 7) is 6.83. The quantitative estimate of drug-likeness (QED) is 0.632. The maximum absolute atomic E-state index is 12.8. The summed E-state index contributed by atoms with van der Waals surface area (Å²) in [6, 6.07) is 11.8. The number of rotatable bonds is 8. The van der Waals surface area contributed by atoms with Crippen molar-refractivity contribution in [1.82, 2.24) is 9.80 Å². The number of carbonyl (C=O) groups is 2. The molecule has 1 aliphatic rings. The van der Waals surface area contributed by atoms with E-state index >= 15 is 0 Å². The van der Waals surface area contributed by atoms with E-state index in [-0.39, 0.29) is 17.6 Å². The Morgan fingerprint density at radius 3 is 2.41 bits per heavy atom. The third-order valence-corrected chi connectivity index (χ3v) is 5.60. The van der Waals surface area contributed by atoms with E-state index in [9.17, 15) is 9.59 Å². The van der Waals surface area contributed by atoms with Crippen molar-refractivity contribution in [1.29, 1.82) is 0 Å². The Balaban J connectivity index is 1.45. The lowest BCUT2D eigenvalue weighted by Crippen LogP contribution is -2.43. The highest BCUT2D eigenvalue weighted by Gasteiger charge is 2.27. The van der Waals surface area contributed by atoms with Crippen LogP contribution < -0.4 is 0 Å². The molecule has 1 amide bonds. The normalized spacial score (nSPS) is 15.6. The van der Waals surface area contributed by atoms with Crippen LogP contribution in [0.1, 0.15) is 48.4 Å². The minimum atomic E-state index is 0.0538. The number of nitrogens with zero attached hydrogens (tertiary/aromatic N) is 2. The van der Waals surface area contributed by atoms with E-state index in [0.29, 0.717) is 19.0 Å². The van der Waals surface area contributed by atoms with Gasteiger partial charge in [0.25, 0.3) is 0 Å². The first-order chi connectivity index (χ1) is 13.9. The van der Waals surface area contributed by atoms with E-state index in [1.165, 1.54) is 5.56 Å². The van der Waals surface area contributed by atoms with Gasteiger partial charge >= 0.3 is 0 Å². The summed E-state index contributed by atoms with van der Waals surface area (Å²) in [6.07, 6.45) is 4.27. The largest absolute Gasteiger partial charge is 0.467 e. The van der Waals surface area contributed by atoms with Gasteiger partial charge in [-0.25, -0.2) is 0 Å². The zero-order valence-electron chi connectivity index (χ0n) is 17.8. The van der Waals surface area contributed by atoms with Gasteiger partial charge in [-0.05, 0) is 56.0 Å². The minimum Gasteiger partial charge on any atom is -0.467 e. The van der Waals surface area contributed by atoms with Gasteiger partial charge in [-0.1, -0.05) is 38.1 Å². The van der Waals surface area contributed by atoms with Crippen molar-refractivity contribution in [3.05, 3.63) is 59.5 Å². The Morgan fingerprint density at radius 2 is 1.83 bits per heavy atom.